The van der Waals surface area contributed by atoms with Gasteiger partial charge in [0.05, 0.1) is 17.0 Å². The number of hydrogen-bond acceptors (Lipinski definition) is 5. The number of aryl methyl sites for hydroxylation is 2. The van der Waals surface area contributed by atoms with Crippen molar-refractivity contribution in [1.29, 1.82) is 0 Å². The lowest BCUT2D eigenvalue weighted by atomic mass is 10.2. The van der Waals surface area contributed by atoms with Crippen LogP contribution in [0.5, 0.6) is 0 Å². The highest BCUT2D eigenvalue weighted by Gasteiger charge is 2.14. The van der Waals surface area contributed by atoms with Crippen LogP contribution in [0, 0.1) is 13.8 Å². The molecule has 76 valence electrons. The highest BCUT2D eigenvalue weighted by molar-refractivity contribution is 7.90. The molecule has 0 fully saturated rings. The van der Waals surface area contributed by atoms with Gasteiger partial charge in [-0.15, -0.1) is 0 Å². The van der Waals surface area contributed by atoms with Gasteiger partial charge in [-0.05, 0) is 13.8 Å². The maximum Gasteiger partial charge on any atom is 0.247 e. The lowest BCUT2D eigenvalue weighted by Gasteiger charge is -2.03. The molecule has 0 saturated carbocycles. The molecule has 1 heterocycles. The molecule has 0 radical (unpaired) electrons. The zero-order valence-electron chi connectivity index (χ0n) is 8.10. The van der Waals surface area contributed by atoms with Crippen LogP contribution in [0.1, 0.15) is 21.7 Å². The molecule has 0 N–H and O–H groups in total. The summed E-state index contributed by atoms with van der Waals surface area (Å²) in [6, 6.07) is 0. The number of aromatic nitrogens is 2. The van der Waals surface area contributed by atoms with Gasteiger partial charge in [0.15, 0.2) is 6.29 Å². The van der Waals surface area contributed by atoms with E-state index in [9.17, 15) is 13.2 Å². The number of nitrogens with zero attached hydrogens (tertiary/aromatic N) is 2. The van der Waals surface area contributed by atoms with Crippen molar-refractivity contribution in [1.82, 2.24) is 9.97 Å². The predicted octanol–water partition coefficient (Wildman–Crippen LogP) is 0.309. The van der Waals surface area contributed by atoms with Crippen LogP contribution in [0.2, 0.25) is 0 Å². The van der Waals surface area contributed by atoms with Crippen LogP contribution in [0.4, 0.5) is 0 Å². The highest BCUT2D eigenvalue weighted by atomic mass is 32.2. The maximum absolute atomic E-state index is 11.1. The SMILES string of the molecule is Cc1nc(S(C)(=O)=O)nc(C)c1C=O. The zero-order chi connectivity index (χ0) is 10.9. The van der Waals surface area contributed by atoms with Gasteiger partial charge in [-0.3, -0.25) is 4.79 Å². The van der Waals surface area contributed by atoms with E-state index in [2.05, 4.69) is 9.97 Å². The summed E-state index contributed by atoms with van der Waals surface area (Å²) >= 11 is 0. The van der Waals surface area contributed by atoms with Gasteiger partial charge < -0.3 is 0 Å². The topological polar surface area (TPSA) is 77.0 Å². The standard InChI is InChI=1S/C8H10N2O3S/c1-5-7(4-11)6(2)10-8(9-5)14(3,12)13/h4H,1-3H3. The largest absolute Gasteiger partial charge is 0.298 e. The van der Waals surface area contributed by atoms with Gasteiger partial charge in [0.1, 0.15) is 0 Å². The minimum Gasteiger partial charge on any atom is -0.298 e. The summed E-state index contributed by atoms with van der Waals surface area (Å²) in [6.45, 7) is 3.15. The second kappa shape index (κ2) is 3.45. The number of sulfone groups is 1. The van der Waals surface area contributed by atoms with Crippen molar-refractivity contribution in [2.24, 2.45) is 0 Å². The average molecular weight is 214 g/mol. The molecule has 0 bridgehead atoms. The molecular weight excluding hydrogens is 204 g/mol. The second-order valence-electron chi connectivity index (χ2n) is 2.98. The first-order valence-corrected chi connectivity index (χ1v) is 5.76. The molecule has 5 nitrogen and oxygen atoms in total. The second-order valence-corrected chi connectivity index (χ2v) is 4.89. The normalized spacial score (nSPS) is 11.4. The van der Waals surface area contributed by atoms with Crippen LogP contribution in [-0.4, -0.2) is 30.9 Å². The van der Waals surface area contributed by atoms with Gasteiger partial charge in [0.2, 0.25) is 15.0 Å². The Hall–Kier alpha value is -1.30. The summed E-state index contributed by atoms with van der Waals surface area (Å²) in [5, 5.41) is -0.238. The third kappa shape index (κ3) is 1.95. The number of rotatable bonds is 2. The molecule has 0 amide bonds. The number of hydrogen-bond donors (Lipinski definition) is 0. The van der Waals surface area contributed by atoms with Crippen LogP contribution >= 0.6 is 0 Å². The van der Waals surface area contributed by atoms with E-state index in [4.69, 9.17) is 0 Å². The van der Waals surface area contributed by atoms with Gasteiger partial charge in [-0.1, -0.05) is 0 Å². The maximum atomic E-state index is 11.1. The lowest BCUT2D eigenvalue weighted by molar-refractivity contribution is 0.112. The summed E-state index contributed by atoms with van der Waals surface area (Å²) in [4.78, 5) is 18.1. The molecule has 0 aliphatic heterocycles. The Morgan fingerprint density at radius 2 is 1.57 bits per heavy atom. The monoisotopic (exact) mass is 214 g/mol. The quantitative estimate of drug-likeness (QED) is 0.523. The Kier molecular flexibility index (Phi) is 2.66. The Labute approximate surface area is 82.1 Å². The average Bonchev–Trinajstić information content (AvgIpc) is 2.01. The van der Waals surface area contributed by atoms with Crippen LogP contribution in [0.15, 0.2) is 5.16 Å². The number of aldehydes is 1. The van der Waals surface area contributed by atoms with Gasteiger partial charge in [0, 0.05) is 6.26 Å². The third-order valence-corrected chi connectivity index (χ3v) is 2.60. The Morgan fingerprint density at radius 1 is 1.14 bits per heavy atom. The van der Waals surface area contributed by atoms with Crippen LogP contribution < -0.4 is 0 Å². The molecule has 1 aromatic rings. The van der Waals surface area contributed by atoms with E-state index in [0.29, 0.717) is 23.2 Å². The molecule has 0 aliphatic rings. The van der Waals surface area contributed by atoms with E-state index in [1.54, 1.807) is 13.8 Å². The van der Waals surface area contributed by atoms with Crippen molar-refractivity contribution < 1.29 is 13.2 Å². The fraction of sp³-hybridized carbons (Fsp3) is 0.375. The van der Waals surface area contributed by atoms with Crippen molar-refractivity contribution >= 4 is 16.1 Å². The summed E-state index contributed by atoms with van der Waals surface area (Å²) in [5.41, 5.74) is 1.11. The minimum absolute atomic E-state index is 0.238. The Morgan fingerprint density at radius 3 is 1.86 bits per heavy atom. The molecule has 0 aliphatic carbocycles. The molecule has 1 aromatic heterocycles. The fourth-order valence-electron chi connectivity index (χ4n) is 1.03. The van der Waals surface area contributed by atoms with E-state index in [0.717, 1.165) is 6.26 Å². The summed E-state index contributed by atoms with van der Waals surface area (Å²) in [7, 11) is -3.41. The van der Waals surface area contributed by atoms with Gasteiger partial charge >= 0.3 is 0 Å². The molecule has 0 unspecified atom stereocenters. The van der Waals surface area contributed by atoms with Crippen molar-refractivity contribution in [2.45, 2.75) is 19.0 Å². The molecule has 0 aromatic carbocycles. The first kappa shape index (κ1) is 10.8. The predicted molar refractivity (Wildman–Crippen MR) is 50.0 cm³/mol. The third-order valence-electron chi connectivity index (χ3n) is 1.76. The van der Waals surface area contributed by atoms with Crippen LogP contribution in [0.25, 0.3) is 0 Å². The Bertz CT molecular complexity index is 456. The first-order valence-electron chi connectivity index (χ1n) is 3.86. The van der Waals surface area contributed by atoms with Gasteiger partial charge in [0.25, 0.3) is 0 Å². The fourth-order valence-corrected chi connectivity index (χ4v) is 1.64. The van der Waals surface area contributed by atoms with Crippen molar-refractivity contribution in [3.8, 4) is 0 Å². The smallest absolute Gasteiger partial charge is 0.247 e. The van der Waals surface area contributed by atoms with Gasteiger partial charge in [-0.25, -0.2) is 18.4 Å². The molecular formula is C8H10N2O3S. The summed E-state index contributed by atoms with van der Waals surface area (Å²) in [6.07, 6.45) is 1.65. The molecule has 14 heavy (non-hydrogen) atoms. The molecule has 0 spiro atoms. The van der Waals surface area contributed by atoms with E-state index in [-0.39, 0.29) is 5.16 Å². The van der Waals surface area contributed by atoms with Crippen molar-refractivity contribution in [3.05, 3.63) is 17.0 Å². The van der Waals surface area contributed by atoms with E-state index in [1.165, 1.54) is 0 Å². The highest BCUT2D eigenvalue weighted by Crippen LogP contribution is 2.10. The van der Waals surface area contributed by atoms with Gasteiger partial charge in [-0.2, -0.15) is 0 Å². The van der Waals surface area contributed by atoms with Crippen LogP contribution in [0.3, 0.4) is 0 Å². The molecule has 0 atom stereocenters. The summed E-state index contributed by atoms with van der Waals surface area (Å²) in [5.74, 6) is 0. The van der Waals surface area contributed by atoms with E-state index < -0.39 is 9.84 Å². The molecule has 6 heteroatoms. The number of carbonyl (C=O) groups excluding carboxylic acids is 1. The van der Waals surface area contributed by atoms with Crippen molar-refractivity contribution in [2.75, 3.05) is 6.26 Å². The van der Waals surface area contributed by atoms with E-state index in [1.807, 2.05) is 0 Å². The lowest BCUT2D eigenvalue weighted by Crippen LogP contribution is -2.09. The minimum atomic E-state index is -3.41. The first-order chi connectivity index (χ1) is 6.36. The van der Waals surface area contributed by atoms with Crippen LogP contribution in [-0.2, 0) is 9.84 Å². The molecule has 0 saturated heterocycles. The zero-order valence-corrected chi connectivity index (χ0v) is 8.92. The van der Waals surface area contributed by atoms with E-state index >= 15 is 0 Å². The molecule has 1 rings (SSSR count). The van der Waals surface area contributed by atoms with Crippen molar-refractivity contribution in [3.63, 3.8) is 0 Å². The number of carbonyl (C=O) groups is 1. The summed E-state index contributed by atoms with van der Waals surface area (Å²) < 4.78 is 22.2. The Balaban J connectivity index is 3.50.